The Bertz CT molecular complexity index is 440. The van der Waals surface area contributed by atoms with E-state index in [4.69, 9.17) is 0 Å². The molecule has 2 aromatic rings. The van der Waals surface area contributed by atoms with Crippen LogP contribution in [0.1, 0.15) is 11.1 Å². The van der Waals surface area contributed by atoms with Gasteiger partial charge in [-0.25, -0.2) is 4.98 Å². The first-order valence-electron chi connectivity index (χ1n) is 4.63. The third-order valence-electron chi connectivity index (χ3n) is 2.02. The number of thiophene rings is 1. The van der Waals surface area contributed by atoms with Crippen molar-refractivity contribution >= 4 is 33.1 Å². The molecule has 0 amide bonds. The van der Waals surface area contributed by atoms with Crippen molar-refractivity contribution in [3.63, 3.8) is 0 Å². The minimum absolute atomic E-state index is 0.818. The quantitative estimate of drug-likeness (QED) is 0.926. The summed E-state index contributed by atoms with van der Waals surface area (Å²) in [5.74, 6) is 0.895. The van der Waals surface area contributed by atoms with Crippen LogP contribution in [0.2, 0.25) is 0 Å². The first-order chi connectivity index (χ1) is 7.25. The van der Waals surface area contributed by atoms with Crippen molar-refractivity contribution in [2.24, 2.45) is 0 Å². The number of anilines is 1. The maximum atomic E-state index is 4.32. The van der Waals surface area contributed by atoms with Crippen molar-refractivity contribution < 1.29 is 0 Å². The summed E-state index contributed by atoms with van der Waals surface area (Å²) < 4.78 is 1.01. The molecular weight excluding hydrogens is 272 g/mol. The summed E-state index contributed by atoms with van der Waals surface area (Å²) >= 11 is 5.20. The summed E-state index contributed by atoms with van der Waals surface area (Å²) in [4.78, 5) is 4.32. The Morgan fingerprint density at radius 3 is 3.07 bits per heavy atom. The van der Waals surface area contributed by atoms with E-state index in [1.54, 1.807) is 11.3 Å². The molecule has 15 heavy (non-hydrogen) atoms. The molecule has 0 unspecified atom stereocenters. The minimum Gasteiger partial charge on any atom is -0.365 e. The van der Waals surface area contributed by atoms with E-state index >= 15 is 0 Å². The van der Waals surface area contributed by atoms with Gasteiger partial charge >= 0.3 is 0 Å². The van der Waals surface area contributed by atoms with Crippen LogP contribution in [0.15, 0.2) is 33.6 Å². The van der Waals surface area contributed by atoms with E-state index < -0.39 is 0 Å². The molecule has 0 saturated heterocycles. The topological polar surface area (TPSA) is 24.9 Å². The highest BCUT2D eigenvalue weighted by atomic mass is 79.9. The maximum Gasteiger partial charge on any atom is 0.140 e. The molecule has 0 fully saturated rings. The number of halogens is 1. The fourth-order valence-corrected chi connectivity index (χ4v) is 2.51. The highest BCUT2D eigenvalue weighted by Crippen LogP contribution is 2.21. The van der Waals surface area contributed by atoms with E-state index in [1.165, 1.54) is 5.56 Å². The molecule has 0 bridgehead atoms. The number of nitrogens with zero attached hydrogens (tertiary/aromatic N) is 1. The summed E-state index contributed by atoms with van der Waals surface area (Å²) in [7, 11) is 0. The highest BCUT2D eigenvalue weighted by molar-refractivity contribution is 9.10. The lowest BCUT2D eigenvalue weighted by atomic mass is 10.3. The zero-order valence-corrected chi connectivity index (χ0v) is 10.7. The Labute approximate surface area is 101 Å². The molecule has 2 nitrogen and oxygen atoms in total. The van der Waals surface area contributed by atoms with Gasteiger partial charge in [0.05, 0.1) is 4.47 Å². The normalized spacial score (nSPS) is 10.3. The minimum atomic E-state index is 0.818. The van der Waals surface area contributed by atoms with Crippen molar-refractivity contribution in [2.45, 2.75) is 13.5 Å². The van der Waals surface area contributed by atoms with Gasteiger partial charge in [-0.1, -0.05) is 0 Å². The van der Waals surface area contributed by atoms with Gasteiger partial charge in [-0.3, -0.25) is 0 Å². The lowest BCUT2D eigenvalue weighted by Gasteiger charge is -2.06. The lowest BCUT2D eigenvalue weighted by molar-refractivity contribution is 1.11. The Balaban J connectivity index is 2.05. The second-order valence-corrected chi connectivity index (χ2v) is 4.96. The number of aromatic nitrogens is 1. The molecule has 0 spiro atoms. The number of hydrogen-bond donors (Lipinski definition) is 1. The summed E-state index contributed by atoms with van der Waals surface area (Å²) in [6.45, 7) is 2.85. The Kier molecular flexibility index (Phi) is 3.38. The molecule has 78 valence electrons. The van der Waals surface area contributed by atoms with Crippen LogP contribution >= 0.6 is 27.3 Å². The molecule has 0 aromatic carbocycles. The van der Waals surface area contributed by atoms with Crippen LogP contribution in [0.3, 0.4) is 0 Å². The van der Waals surface area contributed by atoms with Crippen molar-refractivity contribution in [3.8, 4) is 0 Å². The van der Waals surface area contributed by atoms with Gasteiger partial charge in [-0.2, -0.15) is 11.3 Å². The van der Waals surface area contributed by atoms with Crippen LogP contribution in [-0.2, 0) is 6.54 Å². The fourth-order valence-electron chi connectivity index (χ4n) is 1.24. The number of rotatable bonds is 3. The van der Waals surface area contributed by atoms with Gasteiger partial charge in [-0.15, -0.1) is 0 Å². The van der Waals surface area contributed by atoms with E-state index in [2.05, 4.69) is 49.1 Å². The molecule has 0 atom stereocenters. The molecule has 0 aliphatic rings. The molecule has 2 heterocycles. The van der Waals surface area contributed by atoms with E-state index in [0.29, 0.717) is 0 Å². The summed E-state index contributed by atoms with van der Waals surface area (Å²) in [5.41, 5.74) is 2.44. The molecule has 0 aliphatic heterocycles. The van der Waals surface area contributed by atoms with E-state index in [1.807, 2.05) is 13.1 Å². The number of hydrogen-bond acceptors (Lipinski definition) is 3. The van der Waals surface area contributed by atoms with Crippen LogP contribution in [0.5, 0.6) is 0 Å². The average molecular weight is 283 g/mol. The predicted molar refractivity (Wildman–Crippen MR) is 68.3 cm³/mol. The maximum absolute atomic E-state index is 4.32. The SMILES string of the molecule is Cc1cnc(NCc2ccsc2)c(Br)c1. The molecule has 4 heteroatoms. The second-order valence-electron chi connectivity index (χ2n) is 3.33. The summed E-state index contributed by atoms with van der Waals surface area (Å²) in [6, 6.07) is 4.17. The number of aryl methyl sites for hydroxylation is 1. The Hall–Kier alpha value is -0.870. The van der Waals surface area contributed by atoms with Crippen molar-refractivity contribution in [1.82, 2.24) is 4.98 Å². The molecule has 0 radical (unpaired) electrons. The van der Waals surface area contributed by atoms with Crippen LogP contribution in [0.25, 0.3) is 0 Å². The molecular formula is C11H11BrN2S. The van der Waals surface area contributed by atoms with Crippen LogP contribution in [0.4, 0.5) is 5.82 Å². The Morgan fingerprint density at radius 1 is 1.53 bits per heavy atom. The van der Waals surface area contributed by atoms with Gasteiger partial charge in [-0.05, 0) is 56.9 Å². The monoisotopic (exact) mass is 282 g/mol. The van der Waals surface area contributed by atoms with Crippen LogP contribution in [-0.4, -0.2) is 4.98 Å². The molecule has 0 aliphatic carbocycles. The van der Waals surface area contributed by atoms with Gasteiger partial charge < -0.3 is 5.32 Å². The third kappa shape index (κ3) is 2.79. The van der Waals surface area contributed by atoms with Gasteiger partial charge in [0.15, 0.2) is 0 Å². The summed E-state index contributed by atoms with van der Waals surface area (Å²) in [6.07, 6.45) is 1.86. The molecule has 2 rings (SSSR count). The zero-order chi connectivity index (χ0) is 10.7. The van der Waals surface area contributed by atoms with Gasteiger partial charge in [0.25, 0.3) is 0 Å². The summed E-state index contributed by atoms with van der Waals surface area (Å²) in [5, 5.41) is 7.50. The second kappa shape index (κ2) is 4.77. The molecule has 2 aromatic heterocycles. The van der Waals surface area contributed by atoms with Gasteiger partial charge in [0.2, 0.25) is 0 Å². The van der Waals surface area contributed by atoms with Crippen LogP contribution in [0, 0.1) is 6.92 Å². The predicted octanol–water partition coefficient (Wildman–Crippen LogP) is 3.83. The van der Waals surface area contributed by atoms with E-state index in [0.717, 1.165) is 22.4 Å². The average Bonchev–Trinajstić information content (AvgIpc) is 2.69. The number of pyridine rings is 1. The standard InChI is InChI=1S/C11H11BrN2S/c1-8-4-10(12)11(13-5-8)14-6-9-2-3-15-7-9/h2-5,7H,6H2,1H3,(H,13,14). The largest absolute Gasteiger partial charge is 0.365 e. The first kappa shape index (κ1) is 10.6. The van der Waals surface area contributed by atoms with Crippen molar-refractivity contribution in [2.75, 3.05) is 5.32 Å². The third-order valence-corrected chi connectivity index (χ3v) is 3.35. The lowest BCUT2D eigenvalue weighted by Crippen LogP contribution is -2.01. The van der Waals surface area contributed by atoms with E-state index in [9.17, 15) is 0 Å². The Morgan fingerprint density at radius 2 is 2.40 bits per heavy atom. The smallest absolute Gasteiger partial charge is 0.140 e. The first-order valence-corrected chi connectivity index (χ1v) is 6.36. The number of nitrogens with one attached hydrogen (secondary N) is 1. The highest BCUT2D eigenvalue weighted by Gasteiger charge is 2.01. The van der Waals surface area contributed by atoms with Gasteiger partial charge in [0.1, 0.15) is 5.82 Å². The van der Waals surface area contributed by atoms with Crippen molar-refractivity contribution in [1.29, 1.82) is 0 Å². The van der Waals surface area contributed by atoms with E-state index in [-0.39, 0.29) is 0 Å². The molecule has 1 N–H and O–H groups in total. The zero-order valence-electron chi connectivity index (χ0n) is 8.33. The molecule has 0 saturated carbocycles. The van der Waals surface area contributed by atoms with Gasteiger partial charge in [0, 0.05) is 12.7 Å². The van der Waals surface area contributed by atoms with Crippen LogP contribution < -0.4 is 5.32 Å². The van der Waals surface area contributed by atoms with Crippen molar-refractivity contribution in [3.05, 3.63) is 44.7 Å². The fraction of sp³-hybridized carbons (Fsp3) is 0.182.